The van der Waals surface area contributed by atoms with Crippen LogP contribution in [-0.2, 0) is 19.3 Å². The van der Waals surface area contributed by atoms with Crippen molar-refractivity contribution in [3.63, 3.8) is 0 Å². The number of rotatable bonds is 45. The van der Waals surface area contributed by atoms with E-state index in [1.165, 1.54) is 300 Å². The lowest BCUT2D eigenvalue weighted by molar-refractivity contribution is 0.531. The summed E-state index contributed by atoms with van der Waals surface area (Å²) in [7, 11) is 0. The van der Waals surface area contributed by atoms with E-state index >= 15 is 0 Å². The normalized spacial score (nSPS) is 11.6. The minimum Gasteiger partial charge on any atom is -0.241 e. The molecular formula is C52H100N2. The lowest BCUT2D eigenvalue weighted by Crippen LogP contribution is -2.07. The molecule has 1 rings (SSSR count). The predicted octanol–water partition coefficient (Wildman–Crippen LogP) is 18.5. The molecule has 0 aliphatic heterocycles. The first kappa shape index (κ1) is 51.1. The van der Waals surface area contributed by atoms with E-state index in [1.807, 2.05) is 6.33 Å². The lowest BCUT2D eigenvalue weighted by atomic mass is 9.96. The molecule has 0 bridgehead atoms. The van der Waals surface area contributed by atoms with Crippen LogP contribution in [0.2, 0.25) is 0 Å². The van der Waals surface area contributed by atoms with Gasteiger partial charge in [-0.15, -0.1) is 0 Å². The van der Waals surface area contributed by atoms with Crippen LogP contribution in [0.25, 0.3) is 0 Å². The number of unbranched alkanes of at least 4 members (excludes halogenated alkanes) is 39. The molecule has 0 saturated heterocycles. The average Bonchev–Trinajstić information content (AvgIpc) is 3.18. The van der Waals surface area contributed by atoms with Crippen LogP contribution in [0, 0.1) is 0 Å². The minimum absolute atomic E-state index is 1.17. The zero-order chi connectivity index (χ0) is 38.7. The second-order valence-corrected chi connectivity index (χ2v) is 17.8. The second-order valence-electron chi connectivity index (χ2n) is 17.8. The summed E-state index contributed by atoms with van der Waals surface area (Å²) in [4.78, 5) is 9.86. The summed E-state index contributed by atoms with van der Waals surface area (Å²) in [5, 5.41) is 0. The summed E-state index contributed by atoms with van der Waals surface area (Å²) < 4.78 is 0. The number of aryl methyl sites for hydroxylation is 2. The van der Waals surface area contributed by atoms with Gasteiger partial charge >= 0.3 is 0 Å². The van der Waals surface area contributed by atoms with E-state index in [4.69, 9.17) is 9.97 Å². The van der Waals surface area contributed by atoms with Crippen molar-refractivity contribution in [2.24, 2.45) is 0 Å². The molecule has 54 heavy (non-hydrogen) atoms. The molecule has 0 aromatic carbocycles. The van der Waals surface area contributed by atoms with Gasteiger partial charge < -0.3 is 0 Å². The monoisotopic (exact) mass is 753 g/mol. The van der Waals surface area contributed by atoms with Gasteiger partial charge in [0.15, 0.2) is 0 Å². The predicted molar refractivity (Wildman–Crippen MR) is 244 cm³/mol. The van der Waals surface area contributed by atoms with Gasteiger partial charge in [-0.1, -0.05) is 271 Å². The summed E-state index contributed by atoms with van der Waals surface area (Å²) in [5.74, 6) is 0. The molecule has 0 radical (unpaired) electrons. The summed E-state index contributed by atoms with van der Waals surface area (Å²) in [6, 6.07) is 0. The highest BCUT2D eigenvalue weighted by Gasteiger charge is 2.12. The van der Waals surface area contributed by atoms with Crippen molar-refractivity contribution in [2.45, 2.75) is 310 Å². The number of nitrogens with zero attached hydrogens (tertiary/aromatic N) is 2. The van der Waals surface area contributed by atoms with Gasteiger partial charge in [0, 0.05) is 11.4 Å². The molecule has 0 atom stereocenters. The Kier molecular flexibility index (Phi) is 40.9. The molecular weight excluding hydrogens is 653 g/mol. The standard InChI is InChI=1S/C52H100N2/c1-4-7-10-13-16-19-22-25-28-31-34-37-40-43-46-50-51(47-44-41-38-35-32-29-26-23-20-17-14-11-8-5-2)53-49-54-52(50)48-45-42-39-36-33-30-27-24-21-18-15-12-9-6-3/h49H,4-48H2,1-3H3. The van der Waals surface area contributed by atoms with Crippen LogP contribution in [0.3, 0.4) is 0 Å². The van der Waals surface area contributed by atoms with Crippen LogP contribution >= 0.6 is 0 Å². The highest BCUT2D eigenvalue weighted by Crippen LogP contribution is 2.22. The Bertz CT molecular complexity index is 799. The van der Waals surface area contributed by atoms with Crippen molar-refractivity contribution in [3.05, 3.63) is 23.3 Å². The summed E-state index contributed by atoms with van der Waals surface area (Å²) in [6.07, 6.45) is 65.3. The fraction of sp³-hybridized carbons (Fsp3) is 0.923. The van der Waals surface area contributed by atoms with E-state index in [9.17, 15) is 0 Å². The maximum atomic E-state index is 4.93. The van der Waals surface area contributed by atoms with Crippen LogP contribution in [0.4, 0.5) is 0 Å². The molecule has 0 aliphatic carbocycles. The Morgan fingerprint density at radius 3 is 0.648 bits per heavy atom. The summed E-state index contributed by atoms with van der Waals surface area (Å²) >= 11 is 0. The first-order valence-corrected chi connectivity index (χ1v) is 25.6. The largest absolute Gasteiger partial charge is 0.241 e. The lowest BCUT2D eigenvalue weighted by Gasteiger charge is -2.14. The topological polar surface area (TPSA) is 25.8 Å². The SMILES string of the molecule is CCCCCCCCCCCCCCCCc1ncnc(CCCCCCCCCCCCCCCC)c1CCCCCCCCCCCCCCCC. The molecule has 0 saturated carbocycles. The van der Waals surface area contributed by atoms with E-state index in [0.29, 0.717) is 0 Å². The van der Waals surface area contributed by atoms with Gasteiger partial charge in [0.05, 0.1) is 0 Å². The van der Waals surface area contributed by atoms with E-state index in [2.05, 4.69) is 20.8 Å². The fourth-order valence-corrected chi connectivity index (χ4v) is 8.68. The van der Waals surface area contributed by atoms with E-state index < -0.39 is 0 Å². The van der Waals surface area contributed by atoms with Crippen molar-refractivity contribution in [1.29, 1.82) is 0 Å². The molecule has 0 fully saturated rings. The van der Waals surface area contributed by atoms with Gasteiger partial charge in [-0.05, 0) is 44.1 Å². The average molecular weight is 753 g/mol. The molecule has 1 aromatic rings. The zero-order valence-electron chi connectivity index (χ0n) is 37.8. The first-order chi connectivity index (χ1) is 26.8. The van der Waals surface area contributed by atoms with Crippen molar-refractivity contribution in [3.8, 4) is 0 Å². The van der Waals surface area contributed by atoms with Crippen molar-refractivity contribution in [1.82, 2.24) is 9.97 Å². The van der Waals surface area contributed by atoms with Crippen molar-refractivity contribution in [2.75, 3.05) is 0 Å². The molecule has 2 heteroatoms. The molecule has 1 heterocycles. The van der Waals surface area contributed by atoms with Crippen molar-refractivity contribution >= 4 is 0 Å². The van der Waals surface area contributed by atoms with E-state index in [0.717, 1.165) is 0 Å². The third-order valence-corrected chi connectivity index (χ3v) is 12.4. The molecule has 318 valence electrons. The quantitative estimate of drug-likeness (QED) is 0.0620. The Morgan fingerprint density at radius 1 is 0.241 bits per heavy atom. The van der Waals surface area contributed by atoms with Crippen LogP contribution in [-0.4, -0.2) is 9.97 Å². The van der Waals surface area contributed by atoms with Crippen molar-refractivity contribution < 1.29 is 0 Å². The maximum absolute atomic E-state index is 4.93. The third-order valence-electron chi connectivity index (χ3n) is 12.4. The molecule has 2 nitrogen and oxygen atoms in total. The number of hydrogen-bond donors (Lipinski definition) is 0. The van der Waals surface area contributed by atoms with Crippen LogP contribution in [0.15, 0.2) is 6.33 Å². The van der Waals surface area contributed by atoms with Crippen LogP contribution in [0.5, 0.6) is 0 Å². The zero-order valence-corrected chi connectivity index (χ0v) is 37.8. The van der Waals surface area contributed by atoms with Crippen LogP contribution in [0.1, 0.15) is 307 Å². The molecule has 0 unspecified atom stereocenters. The Balaban J connectivity index is 2.33. The third kappa shape index (κ3) is 34.3. The first-order valence-electron chi connectivity index (χ1n) is 25.6. The summed E-state index contributed by atoms with van der Waals surface area (Å²) in [5.41, 5.74) is 4.36. The van der Waals surface area contributed by atoms with Gasteiger partial charge in [0.1, 0.15) is 6.33 Å². The van der Waals surface area contributed by atoms with E-state index in [1.54, 1.807) is 5.56 Å². The van der Waals surface area contributed by atoms with Gasteiger partial charge in [0.25, 0.3) is 0 Å². The number of hydrogen-bond acceptors (Lipinski definition) is 2. The van der Waals surface area contributed by atoms with Gasteiger partial charge in [-0.25, -0.2) is 9.97 Å². The Labute approximate surface area is 341 Å². The van der Waals surface area contributed by atoms with E-state index in [-0.39, 0.29) is 0 Å². The fourth-order valence-electron chi connectivity index (χ4n) is 8.68. The maximum Gasteiger partial charge on any atom is 0.115 e. The van der Waals surface area contributed by atoms with Gasteiger partial charge in [-0.2, -0.15) is 0 Å². The Hall–Kier alpha value is -0.920. The summed E-state index contributed by atoms with van der Waals surface area (Å²) in [6.45, 7) is 6.94. The minimum atomic E-state index is 1.17. The molecule has 0 spiro atoms. The van der Waals surface area contributed by atoms with Gasteiger partial charge in [-0.3, -0.25) is 0 Å². The van der Waals surface area contributed by atoms with Crippen LogP contribution < -0.4 is 0 Å². The Morgan fingerprint density at radius 2 is 0.426 bits per heavy atom. The molecule has 1 aromatic heterocycles. The smallest absolute Gasteiger partial charge is 0.115 e. The molecule has 0 N–H and O–H groups in total. The highest BCUT2D eigenvalue weighted by molar-refractivity contribution is 5.25. The number of aromatic nitrogens is 2. The highest BCUT2D eigenvalue weighted by atomic mass is 14.8. The molecule has 0 aliphatic rings. The molecule has 0 amide bonds. The van der Waals surface area contributed by atoms with Gasteiger partial charge in [0.2, 0.25) is 0 Å². The second kappa shape index (κ2) is 43.2.